The van der Waals surface area contributed by atoms with Gasteiger partial charge in [0.1, 0.15) is 0 Å². The van der Waals surface area contributed by atoms with Crippen molar-refractivity contribution in [3.63, 3.8) is 0 Å². The van der Waals surface area contributed by atoms with E-state index in [4.69, 9.17) is 0 Å². The molecule has 150 valence electrons. The first-order valence-electron chi connectivity index (χ1n) is 9.29. The van der Waals surface area contributed by atoms with Gasteiger partial charge in [0.25, 0.3) is 0 Å². The van der Waals surface area contributed by atoms with Crippen LogP contribution in [-0.2, 0) is 10.0 Å². The number of rotatable bonds is 8. The van der Waals surface area contributed by atoms with Crippen LogP contribution >= 0.6 is 24.0 Å². The third-order valence-electron chi connectivity index (χ3n) is 5.03. The summed E-state index contributed by atoms with van der Waals surface area (Å²) < 4.78 is 25.9. The van der Waals surface area contributed by atoms with Gasteiger partial charge in [0, 0.05) is 32.7 Å². The summed E-state index contributed by atoms with van der Waals surface area (Å²) in [6, 6.07) is 0.436. The quantitative estimate of drug-likeness (QED) is 0.313. The van der Waals surface area contributed by atoms with Crippen LogP contribution in [0.5, 0.6) is 0 Å². The van der Waals surface area contributed by atoms with Crippen molar-refractivity contribution >= 4 is 40.0 Å². The maximum atomic E-state index is 12.2. The zero-order valence-electron chi connectivity index (χ0n) is 16.4. The van der Waals surface area contributed by atoms with Crippen molar-refractivity contribution in [1.82, 2.24) is 14.9 Å². The largest absolute Gasteiger partial charge is 0.355 e. The van der Waals surface area contributed by atoms with Crippen LogP contribution < -0.4 is 10.6 Å². The number of aliphatic imine (C=N–C) groups is 1. The van der Waals surface area contributed by atoms with Crippen LogP contribution in [0.15, 0.2) is 4.99 Å². The van der Waals surface area contributed by atoms with Gasteiger partial charge in [0.05, 0.1) is 5.75 Å². The summed E-state index contributed by atoms with van der Waals surface area (Å²) in [6.45, 7) is 9.74. The fraction of sp³-hybridized carbons (Fsp3) is 0.941. The molecule has 0 bridgehead atoms. The van der Waals surface area contributed by atoms with Crippen molar-refractivity contribution in [1.29, 1.82) is 0 Å². The molecule has 0 amide bonds. The zero-order valence-corrected chi connectivity index (χ0v) is 19.6. The Kier molecular flexibility index (Phi) is 12.3. The summed E-state index contributed by atoms with van der Waals surface area (Å²) in [6.07, 6.45) is 4.81. The predicted molar refractivity (Wildman–Crippen MR) is 117 cm³/mol. The van der Waals surface area contributed by atoms with Crippen molar-refractivity contribution in [3.8, 4) is 0 Å². The first kappa shape index (κ1) is 24.9. The molecule has 25 heavy (non-hydrogen) atoms. The number of guanidine groups is 1. The average molecular weight is 488 g/mol. The lowest BCUT2D eigenvalue weighted by atomic mass is 9.80. The van der Waals surface area contributed by atoms with Gasteiger partial charge in [0.15, 0.2) is 5.96 Å². The number of hydrogen-bond acceptors (Lipinski definition) is 3. The van der Waals surface area contributed by atoms with E-state index in [0.717, 1.165) is 24.7 Å². The molecule has 1 aliphatic carbocycles. The molecule has 0 spiro atoms. The van der Waals surface area contributed by atoms with Gasteiger partial charge in [-0.05, 0) is 37.5 Å². The van der Waals surface area contributed by atoms with Crippen molar-refractivity contribution in [2.24, 2.45) is 16.8 Å². The smallest absolute Gasteiger partial charge is 0.215 e. The van der Waals surface area contributed by atoms with E-state index in [9.17, 15) is 8.42 Å². The topological polar surface area (TPSA) is 73.8 Å². The van der Waals surface area contributed by atoms with Crippen molar-refractivity contribution < 1.29 is 8.42 Å². The second kappa shape index (κ2) is 12.3. The van der Waals surface area contributed by atoms with Gasteiger partial charge in [-0.2, -0.15) is 0 Å². The highest BCUT2D eigenvalue weighted by molar-refractivity contribution is 14.0. The molecule has 8 heteroatoms. The normalized spacial score (nSPS) is 22.0. The number of nitrogens with zero attached hydrogens (tertiary/aromatic N) is 2. The van der Waals surface area contributed by atoms with Crippen LogP contribution in [0.25, 0.3) is 0 Å². The molecule has 0 aromatic carbocycles. The van der Waals surface area contributed by atoms with Crippen LogP contribution in [0.3, 0.4) is 0 Å². The number of sulfonamides is 1. The first-order chi connectivity index (χ1) is 11.3. The van der Waals surface area contributed by atoms with Crippen LogP contribution in [0, 0.1) is 11.8 Å². The lowest BCUT2D eigenvalue weighted by Gasteiger charge is -2.32. The SMILES string of the molecule is CCN(CC)S(=O)(=O)CCNC(=NC)NC1CCC(C(C)C)CC1.I. The Labute approximate surface area is 171 Å². The van der Waals surface area contributed by atoms with E-state index < -0.39 is 10.0 Å². The molecule has 1 aliphatic rings. The number of halogens is 1. The van der Waals surface area contributed by atoms with E-state index in [0.29, 0.717) is 31.6 Å². The van der Waals surface area contributed by atoms with Crippen LogP contribution in [0.2, 0.25) is 0 Å². The van der Waals surface area contributed by atoms with E-state index in [1.54, 1.807) is 7.05 Å². The van der Waals surface area contributed by atoms with E-state index in [1.165, 1.54) is 17.1 Å². The minimum atomic E-state index is -3.19. The molecule has 0 heterocycles. The second-order valence-corrected chi connectivity index (χ2v) is 8.99. The van der Waals surface area contributed by atoms with Crippen molar-refractivity contribution in [2.45, 2.75) is 59.4 Å². The lowest BCUT2D eigenvalue weighted by Crippen LogP contribution is -2.47. The molecule has 0 radical (unpaired) electrons. The molecule has 0 unspecified atom stereocenters. The second-order valence-electron chi connectivity index (χ2n) is 6.90. The molecule has 0 aromatic rings. The van der Waals surface area contributed by atoms with E-state index >= 15 is 0 Å². The Morgan fingerprint density at radius 2 is 1.72 bits per heavy atom. The molecular formula is C17H37IN4O2S. The third-order valence-corrected chi connectivity index (χ3v) is 7.05. The number of nitrogens with one attached hydrogen (secondary N) is 2. The van der Waals surface area contributed by atoms with Gasteiger partial charge in [-0.1, -0.05) is 27.7 Å². The summed E-state index contributed by atoms with van der Waals surface area (Å²) in [4.78, 5) is 4.23. The molecule has 6 nitrogen and oxygen atoms in total. The maximum Gasteiger partial charge on any atom is 0.215 e. The molecule has 0 aromatic heterocycles. The Balaban J connectivity index is 0.00000576. The van der Waals surface area contributed by atoms with Crippen LogP contribution in [0.1, 0.15) is 53.4 Å². The minimum Gasteiger partial charge on any atom is -0.355 e. The van der Waals surface area contributed by atoms with Crippen molar-refractivity contribution in [2.75, 3.05) is 32.4 Å². The molecule has 0 saturated heterocycles. The Hall–Kier alpha value is -0.0900. The molecule has 0 atom stereocenters. The molecule has 1 saturated carbocycles. The van der Waals surface area contributed by atoms with E-state index in [2.05, 4.69) is 29.5 Å². The highest BCUT2D eigenvalue weighted by atomic mass is 127. The first-order valence-corrected chi connectivity index (χ1v) is 10.9. The molecular weight excluding hydrogens is 451 g/mol. The van der Waals surface area contributed by atoms with Gasteiger partial charge < -0.3 is 10.6 Å². The van der Waals surface area contributed by atoms with Crippen molar-refractivity contribution in [3.05, 3.63) is 0 Å². The highest BCUT2D eigenvalue weighted by Gasteiger charge is 2.24. The van der Waals surface area contributed by atoms with Gasteiger partial charge in [-0.25, -0.2) is 12.7 Å². The van der Waals surface area contributed by atoms with E-state index in [-0.39, 0.29) is 29.7 Å². The third kappa shape index (κ3) is 8.43. The van der Waals surface area contributed by atoms with Gasteiger partial charge >= 0.3 is 0 Å². The van der Waals surface area contributed by atoms with Gasteiger partial charge in [-0.15, -0.1) is 24.0 Å². The van der Waals surface area contributed by atoms with Gasteiger partial charge in [-0.3, -0.25) is 4.99 Å². The minimum absolute atomic E-state index is 0. The van der Waals surface area contributed by atoms with Crippen LogP contribution in [0.4, 0.5) is 0 Å². The highest BCUT2D eigenvalue weighted by Crippen LogP contribution is 2.29. The molecule has 0 aliphatic heterocycles. The Bertz CT molecular complexity index is 485. The maximum absolute atomic E-state index is 12.2. The van der Waals surface area contributed by atoms with Crippen LogP contribution in [-0.4, -0.2) is 57.2 Å². The zero-order chi connectivity index (χ0) is 18.2. The summed E-state index contributed by atoms with van der Waals surface area (Å²) in [7, 11) is -1.46. The Morgan fingerprint density at radius 3 is 2.16 bits per heavy atom. The fourth-order valence-corrected chi connectivity index (χ4v) is 4.77. The predicted octanol–water partition coefficient (Wildman–Crippen LogP) is 2.66. The van der Waals surface area contributed by atoms with Gasteiger partial charge in [0.2, 0.25) is 10.0 Å². The summed E-state index contributed by atoms with van der Waals surface area (Å²) in [5.41, 5.74) is 0. The lowest BCUT2D eigenvalue weighted by molar-refractivity contribution is 0.250. The summed E-state index contributed by atoms with van der Waals surface area (Å²) >= 11 is 0. The summed E-state index contributed by atoms with van der Waals surface area (Å²) in [5.74, 6) is 2.39. The molecule has 1 rings (SSSR count). The standard InChI is InChI=1S/C17H36N4O2S.HI/c1-6-21(7-2)24(22,23)13-12-19-17(18-5)20-16-10-8-15(9-11-16)14(3)4;/h14-16H,6-13H2,1-5H3,(H2,18,19,20);1H. The van der Waals surface area contributed by atoms with E-state index in [1.807, 2.05) is 13.8 Å². The monoisotopic (exact) mass is 488 g/mol. The fourth-order valence-electron chi connectivity index (χ4n) is 3.36. The number of hydrogen-bond donors (Lipinski definition) is 2. The molecule has 2 N–H and O–H groups in total. The molecule has 1 fully saturated rings. The summed E-state index contributed by atoms with van der Waals surface area (Å²) in [5, 5.41) is 6.58. The average Bonchev–Trinajstić information content (AvgIpc) is 2.55. The Morgan fingerprint density at radius 1 is 1.16 bits per heavy atom.